The summed E-state index contributed by atoms with van der Waals surface area (Å²) in [4.78, 5) is 12.7. The summed E-state index contributed by atoms with van der Waals surface area (Å²) in [5.74, 6) is 0.881. The van der Waals surface area contributed by atoms with Crippen LogP contribution in [0.15, 0.2) is 104 Å². The van der Waals surface area contributed by atoms with Crippen molar-refractivity contribution in [3.8, 4) is 17.1 Å². The smallest absolute Gasteiger partial charge is 0.137 e. The number of nitrogens with one attached hydrogen (secondary N) is 1. The van der Waals surface area contributed by atoms with Gasteiger partial charge in [0.25, 0.3) is 0 Å². The molecule has 3 aromatic carbocycles. The predicted molar refractivity (Wildman–Crippen MR) is 162 cm³/mol. The zero-order chi connectivity index (χ0) is 26.7. The molecule has 0 unspecified atom stereocenters. The van der Waals surface area contributed by atoms with Crippen molar-refractivity contribution in [1.82, 2.24) is 19.5 Å². The Bertz CT molecular complexity index is 1670. The fraction of sp³-hybridized carbons (Fsp3) is 0.257. The first-order valence-corrected chi connectivity index (χ1v) is 14.3. The van der Waals surface area contributed by atoms with Gasteiger partial charge < -0.3 is 9.55 Å². The quantitative estimate of drug-likeness (QED) is 0.199. The molecule has 4 heteroatoms. The molecule has 196 valence electrons. The summed E-state index contributed by atoms with van der Waals surface area (Å²) < 4.78 is 2.42. The molecule has 3 aromatic heterocycles. The molecule has 0 atom stereocenters. The molecule has 0 spiro atoms. The third kappa shape index (κ3) is 4.54. The van der Waals surface area contributed by atoms with Gasteiger partial charge in [-0.1, -0.05) is 88.1 Å². The summed E-state index contributed by atoms with van der Waals surface area (Å²) in [5, 5.41) is 2.55. The molecule has 0 aliphatic heterocycles. The highest BCUT2D eigenvalue weighted by atomic mass is 15.0. The van der Waals surface area contributed by atoms with E-state index in [2.05, 4.69) is 107 Å². The fourth-order valence-corrected chi connectivity index (χ4v) is 6.18. The Kier molecular flexibility index (Phi) is 7.02. The summed E-state index contributed by atoms with van der Waals surface area (Å²) in [5.41, 5.74) is 7.10. The van der Waals surface area contributed by atoms with Crippen LogP contribution >= 0.6 is 0 Å². The Hall–Kier alpha value is -4.18. The molecule has 0 amide bonds. The van der Waals surface area contributed by atoms with E-state index in [4.69, 9.17) is 4.98 Å². The SMILES string of the molecule is CCCCC(CCCC)(c1ccc2c3ccccc3n(-c3cccc(-c4ncc[nH]4)c3)c2c1)c1ccccn1. The fourth-order valence-electron chi connectivity index (χ4n) is 6.18. The van der Waals surface area contributed by atoms with E-state index in [1.807, 2.05) is 18.5 Å². The molecule has 4 nitrogen and oxygen atoms in total. The minimum absolute atomic E-state index is 0.112. The number of rotatable bonds is 10. The minimum atomic E-state index is -0.112. The average molecular weight is 513 g/mol. The highest BCUT2D eigenvalue weighted by Crippen LogP contribution is 2.43. The van der Waals surface area contributed by atoms with Gasteiger partial charge in [0, 0.05) is 46.0 Å². The third-order valence-electron chi connectivity index (χ3n) is 8.17. The number of H-pyrrole nitrogens is 1. The van der Waals surface area contributed by atoms with Crippen LogP contribution in [0.5, 0.6) is 0 Å². The largest absolute Gasteiger partial charge is 0.345 e. The number of imidazole rings is 1. The van der Waals surface area contributed by atoms with Gasteiger partial charge in [-0.25, -0.2) is 4.98 Å². The van der Waals surface area contributed by atoms with Crippen LogP contribution in [0.3, 0.4) is 0 Å². The highest BCUT2D eigenvalue weighted by molar-refractivity contribution is 6.09. The molecule has 0 saturated carbocycles. The lowest BCUT2D eigenvalue weighted by Gasteiger charge is -2.34. The number of pyridine rings is 1. The van der Waals surface area contributed by atoms with Gasteiger partial charge in [0.05, 0.1) is 16.7 Å². The number of unbranched alkanes of at least 4 members (excludes halogenated alkanes) is 2. The lowest BCUT2D eigenvalue weighted by molar-refractivity contribution is 0.396. The van der Waals surface area contributed by atoms with Crippen molar-refractivity contribution in [2.45, 2.75) is 57.8 Å². The zero-order valence-corrected chi connectivity index (χ0v) is 22.9. The molecule has 3 heterocycles. The van der Waals surface area contributed by atoms with Crippen LogP contribution in [0.1, 0.15) is 63.6 Å². The van der Waals surface area contributed by atoms with E-state index < -0.39 is 0 Å². The first kappa shape index (κ1) is 25.1. The van der Waals surface area contributed by atoms with Crippen LogP contribution in [0.25, 0.3) is 38.9 Å². The number of para-hydroxylation sites is 1. The van der Waals surface area contributed by atoms with Crippen LogP contribution < -0.4 is 0 Å². The van der Waals surface area contributed by atoms with Crippen LogP contribution in [0.4, 0.5) is 0 Å². The van der Waals surface area contributed by atoms with Gasteiger partial charge in [-0.2, -0.15) is 0 Å². The maximum atomic E-state index is 4.96. The third-order valence-corrected chi connectivity index (χ3v) is 8.17. The van der Waals surface area contributed by atoms with Gasteiger partial charge in [0.15, 0.2) is 0 Å². The molecule has 1 N–H and O–H groups in total. The number of fused-ring (bicyclic) bond motifs is 3. The summed E-state index contributed by atoms with van der Waals surface area (Å²) in [7, 11) is 0. The van der Waals surface area contributed by atoms with E-state index >= 15 is 0 Å². The summed E-state index contributed by atoms with van der Waals surface area (Å²) >= 11 is 0. The highest BCUT2D eigenvalue weighted by Gasteiger charge is 2.35. The second-order valence-electron chi connectivity index (χ2n) is 10.6. The van der Waals surface area contributed by atoms with E-state index in [1.54, 1.807) is 6.20 Å². The van der Waals surface area contributed by atoms with Gasteiger partial charge in [-0.15, -0.1) is 0 Å². The van der Waals surface area contributed by atoms with Crippen molar-refractivity contribution in [1.29, 1.82) is 0 Å². The van der Waals surface area contributed by atoms with Crippen LogP contribution in [-0.4, -0.2) is 19.5 Å². The van der Waals surface area contributed by atoms with Crippen molar-refractivity contribution in [2.75, 3.05) is 0 Å². The van der Waals surface area contributed by atoms with Crippen molar-refractivity contribution in [3.63, 3.8) is 0 Å². The maximum absolute atomic E-state index is 4.96. The molecule has 0 aliphatic rings. The molecule has 0 bridgehead atoms. The Balaban J connectivity index is 1.61. The van der Waals surface area contributed by atoms with E-state index in [-0.39, 0.29) is 5.41 Å². The number of nitrogens with zero attached hydrogens (tertiary/aromatic N) is 3. The number of aromatic nitrogens is 4. The van der Waals surface area contributed by atoms with Gasteiger partial charge in [0.2, 0.25) is 0 Å². The standard InChI is InChI=1S/C35H36N4/c1-3-5-19-35(20-6-4-2,33-16-9-10-21-36-33)27-17-18-30-29-14-7-8-15-31(29)39(32(30)25-27)28-13-11-12-26(24-28)34-37-22-23-38-34/h7-18,21-25H,3-6,19-20H2,1-2H3,(H,37,38). The van der Waals surface area contributed by atoms with E-state index in [1.165, 1.54) is 58.7 Å². The first-order chi connectivity index (χ1) is 19.2. The van der Waals surface area contributed by atoms with Gasteiger partial charge >= 0.3 is 0 Å². The van der Waals surface area contributed by atoms with E-state index in [0.29, 0.717) is 0 Å². The van der Waals surface area contributed by atoms with E-state index in [9.17, 15) is 0 Å². The summed E-state index contributed by atoms with van der Waals surface area (Å²) in [6.07, 6.45) is 12.5. The Morgan fingerprint density at radius 1 is 0.718 bits per heavy atom. The van der Waals surface area contributed by atoms with Crippen LogP contribution in [0, 0.1) is 0 Å². The van der Waals surface area contributed by atoms with Crippen molar-refractivity contribution in [3.05, 3.63) is 115 Å². The number of benzene rings is 3. The molecule has 0 radical (unpaired) electrons. The van der Waals surface area contributed by atoms with Crippen LogP contribution in [0.2, 0.25) is 0 Å². The Morgan fingerprint density at radius 3 is 2.26 bits per heavy atom. The number of aromatic amines is 1. The molecular weight excluding hydrogens is 476 g/mol. The first-order valence-electron chi connectivity index (χ1n) is 14.3. The van der Waals surface area contributed by atoms with E-state index in [0.717, 1.165) is 29.9 Å². The molecular formula is C35H36N4. The monoisotopic (exact) mass is 512 g/mol. The van der Waals surface area contributed by atoms with Gasteiger partial charge in [-0.05, 0) is 54.8 Å². The topological polar surface area (TPSA) is 46.5 Å². The average Bonchev–Trinajstić information content (AvgIpc) is 3.65. The molecule has 6 aromatic rings. The second-order valence-corrected chi connectivity index (χ2v) is 10.6. The normalized spacial score (nSPS) is 11.9. The summed E-state index contributed by atoms with van der Waals surface area (Å²) in [6.45, 7) is 4.58. The van der Waals surface area contributed by atoms with Crippen molar-refractivity contribution < 1.29 is 0 Å². The Labute approximate surface area is 230 Å². The molecule has 0 fully saturated rings. The second kappa shape index (κ2) is 10.9. The molecule has 6 rings (SSSR count). The lowest BCUT2D eigenvalue weighted by atomic mass is 9.70. The predicted octanol–water partition coefficient (Wildman–Crippen LogP) is 9.24. The number of hydrogen-bond donors (Lipinski definition) is 1. The molecule has 0 aliphatic carbocycles. The summed E-state index contributed by atoms with van der Waals surface area (Å²) in [6, 6.07) is 31.0. The Morgan fingerprint density at radius 2 is 1.51 bits per heavy atom. The van der Waals surface area contributed by atoms with Crippen LogP contribution in [-0.2, 0) is 5.41 Å². The van der Waals surface area contributed by atoms with Crippen molar-refractivity contribution >= 4 is 21.8 Å². The molecule has 0 saturated heterocycles. The van der Waals surface area contributed by atoms with Gasteiger partial charge in [0.1, 0.15) is 5.82 Å². The number of hydrogen-bond acceptors (Lipinski definition) is 2. The molecule has 39 heavy (non-hydrogen) atoms. The zero-order valence-electron chi connectivity index (χ0n) is 22.9. The van der Waals surface area contributed by atoms with Gasteiger partial charge in [-0.3, -0.25) is 4.98 Å². The lowest BCUT2D eigenvalue weighted by Crippen LogP contribution is -2.29. The minimum Gasteiger partial charge on any atom is -0.345 e. The van der Waals surface area contributed by atoms with Crippen molar-refractivity contribution in [2.24, 2.45) is 0 Å². The maximum Gasteiger partial charge on any atom is 0.137 e.